The van der Waals surface area contributed by atoms with Gasteiger partial charge in [0.05, 0.1) is 5.75 Å². The quantitative estimate of drug-likeness (QED) is 0.620. The Morgan fingerprint density at radius 2 is 1.82 bits per heavy atom. The lowest BCUT2D eigenvalue weighted by molar-refractivity contribution is 0.365. The summed E-state index contributed by atoms with van der Waals surface area (Å²) < 4.78 is 21.1. The first-order valence-corrected chi connectivity index (χ1v) is 5.19. The summed E-state index contributed by atoms with van der Waals surface area (Å²) in [6, 6.07) is 0. The number of primary sulfonamides is 1. The van der Waals surface area contributed by atoms with Gasteiger partial charge in [-0.2, -0.15) is 0 Å². The van der Waals surface area contributed by atoms with Crippen molar-refractivity contribution in [3.05, 3.63) is 0 Å². The van der Waals surface area contributed by atoms with E-state index < -0.39 is 10.0 Å². The van der Waals surface area contributed by atoms with E-state index in [-0.39, 0.29) is 11.2 Å². The van der Waals surface area contributed by atoms with E-state index >= 15 is 0 Å². The van der Waals surface area contributed by atoms with Crippen LogP contribution in [0.15, 0.2) is 0 Å². The van der Waals surface area contributed by atoms with Gasteiger partial charge in [0.2, 0.25) is 10.0 Å². The molecule has 0 aromatic rings. The molecule has 0 saturated heterocycles. The molecule has 0 spiro atoms. The average Bonchev–Trinajstić information content (AvgIpc) is 1.83. The first-order valence-electron chi connectivity index (χ1n) is 3.47. The van der Waals surface area contributed by atoms with Crippen LogP contribution in [-0.2, 0) is 10.0 Å². The normalized spacial score (nSPS) is 13.5. The van der Waals surface area contributed by atoms with Crippen LogP contribution in [0.3, 0.4) is 0 Å². The first kappa shape index (κ1) is 10.9. The second-order valence-electron chi connectivity index (χ2n) is 3.49. The molecule has 0 aromatic carbocycles. The maximum Gasteiger partial charge on any atom is 0.209 e. The fourth-order valence-corrected chi connectivity index (χ4v) is 1.36. The maximum atomic E-state index is 10.5. The first-order chi connectivity index (χ1) is 4.77. The van der Waals surface area contributed by atoms with Gasteiger partial charge in [-0.25, -0.2) is 13.6 Å². The van der Waals surface area contributed by atoms with Crippen LogP contribution in [0.2, 0.25) is 0 Å². The van der Waals surface area contributed by atoms with E-state index in [4.69, 9.17) is 10.9 Å². The molecule has 0 atom stereocenters. The van der Waals surface area contributed by atoms with E-state index in [0.717, 1.165) is 0 Å². The largest absolute Gasteiger partial charge is 0.330 e. The summed E-state index contributed by atoms with van der Waals surface area (Å²) in [5.41, 5.74) is 5.27. The Labute approximate surface area is 68.0 Å². The molecule has 0 amide bonds. The topological polar surface area (TPSA) is 86.2 Å². The molecule has 68 valence electrons. The Morgan fingerprint density at radius 3 is 2.09 bits per heavy atom. The lowest BCUT2D eigenvalue weighted by atomic mass is 9.91. The molecule has 0 bridgehead atoms. The molecule has 0 radical (unpaired) electrons. The van der Waals surface area contributed by atoms with Gasteiger partial charge in [0.25, 0.3) is 0 Å². The number of hydrogen-bond donors (Lipinski definition) is 2. The zero-order valence-corrected chi connectivity index (χ0v) is 7.82. The molecule has 4 nitrogen and oxygen atoms in total. The van der Waals surface area contributed by atoms with Crippen molar-refractivity contribution in [3.63, 3.8) is 0 Å². The van der Waals surface area contributed by atoms with Crippen LogP contribution in [0.1, 0.15) is 20.3 Å². The highest BCUT2D eigenvalue weighted by Gasteiger charge is 2.17. The second kappa shape index (κ2) is 3.51. The summed E-state index contributed by atoms with van der Waals surface area (Å²) in [6.45, 7) is 4.30. The van der Waals surface area contributed by atoms with Gasteiger partial charge in [0.1, 0.15) is 0 Å². The molecule has 11 heavy (non-hydrogen) atoms. The highest BCUT2D eigenvalue weighted by Crippen LogP contribution is 2.17. The van der Waals surface area contributed by atoms with Crippen molar-refractivity contribution < 1.29 is 8.42 Å². The van der Waals surface area contributed by atoms with Crippen molar-refractivity contribution in [1.82, 2.24) is 0 Å². The molecular formula is C6H16N2O2S. The van der Waals surface area contributed by atoms with Gasteiger partial charge in [0.15, 0.2) is 0 Å². The Morgan fingerprint density at radius 1 is 1.36 bits per heavy atom. The van der Waals surface area contributed by atoms with E-state index in [9.17, 15) is 8.42 Å². The Hall–Kier alpha value is -0.130. The van der Waals surface area contributed by atoms with Gasteiger partial charge in [-0.3, -0.25) is 0 Å². The number of nitrogens with two attached hydrogens (primary N) is 2. The van der Waals surface area contributed by atoms with Crippen LogP contribution in [0, 0.1) is 5.41 Å². The predicted molar refractivity (Wildman–Crippen MR) is 45.4 cm³/mol. The van der Waals surface area contributed by atoms with Gasteiger partial charge < -0.3 is 5.73 Å². The van der Waals surface area contributed by atoms with Crippen LogP contribution >= 0.6 is 0 Å². The van der Waals surface area contributed by atoms with Crippen molar-refractivity contribution >= 4 is 10.0 Å². The standard InChI is InChI=1S/C6H16N2O2S/c1-6(2,5-7)3-4-11(8,9)10/h3-5,7H2,1-2H3,(H2,8,9,10). The minimum Gasteiger partial charge on any atom is -0.330 e. The molecule has 0 saturated carbocycles. The number of sulfonamides is 1. The van der Waals surface area contributed by atoms with Gasteiger partial charge in [-0.05, 0) is 18.4 Å². The van der Waals surface area contributed by atoms with Gasteiger partial charge in [-0.1, -0.05) is 13.8 Å². The third kappa shape index (κ3) is 6.28. The molecule has 0 rings (SSSR count). The molecule has 4 N–H and O–H groups in total. The minimum atomic E-state index is -3.32. The molecule has 0 unspecified atom stereocenters. The van der Waals surface area contributed by atoms with Crippen LogP contribution in [-0.4, -0.2) is 20.7 Å². The Kier molecular flexibility index (Phi) is 3.47. The van der Waals surface area contributed by atoms with Gasteiger partial charge >= 0.3 is 0 Å². The molecule has 0 aromatic heterocycles. The van der Waals surface area contributed by atoms with Crippen LogP contribution in [0.4, 0.5) is 0 Å². The van der Waals surface area contributed by atoms with E-state index in [1.165, 1.54) is 0 Å². The maximum absolute atomic E-state index is 10.5. The third-order valence-electron chi connectivity index (χ3n) is 1.62. The smallest absolute Gasteiger partial charge is 0.209 e. The zero-order valence-electron chi connectivity index (χ0n) is 7.00. The summed E-state index contributed by atoms with van der Waals surface area (Å²) >= 11 is 0. The summed E-state index contributed by atoms with van der Waals surface area (Å²) in [5.74, 6) is 0.0111. The van der Waals surface area contributed by atoms with Gasteiger partial charge in [0, 0.05) is 0 Å². The molecule has 0 heterocycles. The van der Waals surface area contributed by atoms with Crippen molar-refractivity contribution in [1.29, 1.82) is 0 Å². The van der Waals surface area contributed by atoms with Gasteiger partial charge in [-0.15, -0.1) is 0 Å². The van der Waals surface area contributed by atoms with Crippen molar-refractivity contribution in [2.45, 2.75) is 20.3 Å². The van der Waals surface area contributed by atoms with Crippen molar-refractivity contribution in [2.24, 2.45) is 16.3 Å². The van der Waals surface area contributed by atoms with E-state index in [0.29, 0.717) is 13.0 Å². The van der Waals surface area contributed by atoms with Crippen LogP contribution in [0.5, 0.6) is 0 Å². The fourth-order valence-electron chi connectivity index (χ4n) is 0.521. The summed E-state index contributed by atoms with van der Waals surface area (Å²) in [6.07, 6.45) is 0.516. The van der Waals surface area contributed by atoms with Crippen LogP contribution in [0.25, 0.3) is 0 Å². The second-order valence-corrected chi connectivity index (χ2v) is 5.22. The number of rotatable bonds is 4. The van der Waals surface area contributed by atoms with E-state index in [1.807, 2.05) is 13.8 Å². The lowest BCUT2D eigenvalue weighted by Gasteiger charge is -2.20. The Bertz CT molecular complexity index is 209. The molecule has 0 fully saturated rings. The Balaban J connectivity index is 3.90. The predicted octanol–water partition coefficient (Wildman–Crippen LogP) is -0.350. The molecule has 5 heteroatoms. The highest BCUT2D eigenvalue weighted by molar-refractivity contribution is 7.89. The highest BCUT2D eigenvalue weighted by atomic mass is 32.2. The summed E-state index contributed by atoms with van der Waals surface area (Å²) in [5, 5.41) is 4.83. The number of hydrogen-bond acceptors (Lipinski definition) is 3. The third-order valence-corrected chi connectivity index (χ3v) is 2.39. The van der Waals surface area contributed by atoms with Crippen molar-refractivity contribution in [2.75, 3.05) is 12.3 Å². The van der Waals surface area contributed by atoms with E-state index in [2.05, 4.69) is 0 Å². The average molecular weight is 180 g/mol. The van der Waals surface area contributed by atoms with E-state index in [1.54, 1.807) is 0 Å². The lowest BCUT2D eigenvalue weighted by Crippen LogP contribution is -2.28. The SMILES string of the molecule is CC(C)(CN)CCS(N)(=O)=O. The van der Waals surface area contributed by atoms with Crippen LogP contribution < -0.4 is 10.9 Å². The summed E-state index contributed by atoms with van der Waals surface area (Å²) in [4.78, 5) is 0. The minimum absolute atomic E-state index is 0.0111. The molecule has 0 aliphatic carbocycles. The molecular weight excluding hydrogens is 164 g/mol. The molecule has 0 aliphatic rings. The zero-order chi connectivity index (χ0) is 9.12. The fraction of sp³-hybridized carbons (Fsp3) is 1.00. The van der Waals surface area contributed by atoms with Crippen molar-refractivity contribution in [3.8, 4) is 0 Å². The molecule has 0 aliphatic heterocycles. The monoisotopic (exact) mass is 180 g/mol. The summed E-state index contributed by atoms with van der Waals surface area (Å²) in [7, 11) is -3.32.